The highest BCUT2D eigenvalue weighted by Gasteiger charge is 2.32. The van der Waals surface area contributed by atoms with Crippen LogP contribution in [0.2, 0.25) is 5.02 Å². The summed E-state index contributed by atoms with van der Waals surface area (Å²) in [5, 5.41) is 10.7. The van der Waals surface area contributed by atoms with Gasteiger partial charge < -0.3 is 14.6 Å². The Labute approximate surface area is 166 Å². The largest absolute Gasteiger partial charge is 0.514 e. The number of aliphatic carboxylic acids is 1. The molecule has 1 aromatic carbocycles. The van der Waals surface area contributed by atoms with Gasteiger partial charge in [-0.25, -0.2) is 4.79 Å². The Kier molecular flexibility index (Phi) is 6.04. The molecule has 2 heterocycles. The smallest absolute Gasteiger partial charge is 0.480 e. The van der Waals surface area contributed by atoms with Crippen molar-refractivity contribution in [2.24, 2.45) is 0 Å². The van der Waals surface area contributed by atoms with Crippen molar-refractivity contribution in [2.75, 3.05) is 6.54 Å². The van der Waals surface area contributed by atoms with Gasteiger partial charge in [-0.1, -0.05) is 29.8 Å². The zero-order valence-corrected chi connectivity index (χ0v) is 16.5. The molecule has 1 aromatic heterocycles. The Balaban J connectivity index is 1.78. The number of benzene rings is 1. The van der Waals surface area contributed by atoms with Gasteiger partial charge in [0, 0.05) is 23.0 Å². The van der Waals surface area contributed by atoms with E-state index in [2.05, 4.69) is 0 Å². The predicted octanol–water partition coefficient (Wildman–Crippen LogP) is 4.51. The van der Waals surface area contributed by atoms with Crippen LogP contribution in [0.25, 0.3) is 0 Å². The number of fused-ring (bicyclic) bond motifs is 1. The monoisotopic (exact) mass is 409 g/mol. The number of hydrogen-bond donors (Lipinski definition) is 1. The number of carbonyl (C=O) groups excluding carboxylic acids is 1. The molecule has 0 saturated carbocycles. The van der Waals surface area contributed by atoms with E-state index in [9.17, 15) is 14.7 Å². The van der Waals surface area contributed by atoms with E-state index in [4.69, 9.17) is 21.1 Å². The fourth-order valence-electron chi connectivity index (χ4n) is 3.08. The maximum atomic E-state index is 11.9. The molecule has 0 bridgehead atoms. The minimum absolute atomic E-state index is 0.255. The van der Waals surface area contributed by atoms with E-state index in [1.165, 1.54) is 11.3 Å². The van der Waals surface area contributed by atoms with Crippen LogP contribution in [0.1, 0.15) is 35.9 Å². The number of ether oxygens (including phenoxy) is 2. The average Bonchev–Trinajstić information content (AvgIpc) is 2.97. The van der Waals surface area contributed by atoms with Crippen molar-refractivity contribution in [1.29, 1.82) is 0 Å². The second-order valence-electron chi connectivity index (χ2n) is 6.52. The van der Waals surface area contributed by atoms with E-state index in [1.807, 2.05) is 4.90 Å². The van der Waals surface area contributed by atoms with E-state index in [0.29, 0.717) is 35.2 Å². The summed E-state index contributed by atoms with van der Waals surface area (Å²) < 4.78 is 10.2. The number of carboxylic acid groups (broad SMARTS) is 1. The zero-order valence-electron chi connectivity index (χ0n) is 15.0. The average molecular weight is 410 g/mol. The van der Waals surface area contributed by atoms with Crippen LogP contribution in [-0.4, -0.2) is 34.8 Å². The van der Waals surface area contributed by atoms with E-state index in [1.54, 1.807) is 44.2 Å². The molecule has 8 heteroatoms. The Hall–Kier alpha value is -2.09. The Morgan fingerprint density at radius 1 is 1.30 bits per heavy atom. The van der Waals surface area contributed by atoms with Gasteiger partial charge in [0.2, 0.25) is 0 Å². The third-order valence-corrected chi connectivity index (χ3v) is 5.65. The van der Waals surface area contributed by atoms with Gasteiger partial charge in [-0.2, -0.15) is 0 Å². The normalized spacial score (nSPS) is 15.3. The molecular formula is C19H20ClNO5S. The Morgan fingerprint density at radius 2 is 2.04 bits per heavy atom. The van der Waals surface area contributed by atoms with Crippen molar-refractivity contribution in [3.63, 3.8) is 0 Å². The van der Waals surface area contributed by atoms with Crippen LogP contribution in [0.5, 0.6) is 5.06 Å². The summed E-state index contributed by atoms with van der Waals surface area (Å²) >= 11 is 7.61. The molecule has 144 valence electrons. The van der Waals surface area contributed by atoms with Crippen molar-refractivity contribution in [2.45, 2.75) is 39.0 Å². The maximum Gasteiger partial charge on any atom is 0.514 e. The van der Waals surface area contributed by atoms with Gasteiger partial charge in [-0.15, -0.1) is 11.3 Å². The van der Waals surface area contributed by atoms with Crippen molar-refractivity contribution >= 4 is 35.1 Å². The van der Waals surface area contributed by atoms with Crippen molar-refractivity contribution in [3.8, 4) is 5.06 Å². The van der Waals surface area contributed by atoms with Gasteiger partial charge >= 0.3 is 12.1 Å². The van der Waals surface area contributed by atoms with E-state index < -0.39 is 18.2 Å². The topological polar surface area (TPSA) is 76.1 Å². The summed E-state index contributed by atoms with van der Waals surface area (Å²) in [4.78, 5) is 26.6. The van der Waals surface area contributed by atoms with Gasteiger partial charge in [-0.05, 0) is 43.5 Å². The number of rotatable bonds is 5. The van der Waals surface area contributed by atoms with Crippen molar-refractivity contribution < 1.29 is 24.2 Å². The standard InChI is InChI=1S/C19H20ClNO5S/c1-11(2)25-19(24)26-16-9-12-10-21(8-7-15(12)27-16)17(18(22)23)13-5-3-4-6-14(13)20/h3-6,9,11,17H,7-8,10H2,1-2H3,(H,22,23). The summed E-state index contributed by atoms with van der Waals surface area (Å²) in [7, 11) is 0. The molecule has 1 aliphatic rings. The molecule has 6 nitrogen and oxygen atoms in total. The predicted molar refractivity (Wildman–Crippen MR) is 103 cm³/mol. The molecule has 0 aliphatic carbocycles. The number of halogens is 1. The van der Waals surface area contributed by atoms with Gasteiger partial charge in [0.25, 0.3) is 0 Å². The third-order valence-electron chi connectivity index (χ3n) is 4.19. The fraction of sp³-hybridized carbons (Fsp3) is 0.368. The first-order valence-electron chi connectivity index (χ1n) is 8.56. The number of nitrogens with zero attached hydrogens (tertiary/aromatic N) is 1. The lowest BCUT2D eigenvalue weighted by Gasteiger charge is -2.32. The molecule has 3 rings (SSSR count). The minimum Gasteiger partial charge on any atom is -0.480 e. The summed E-state index contributed by atoms with van der Waals surface area (Å²) in [6.45, 7) is 4.51. The van der Waals surface area contributed by atoms with Gasteiger partial charge in [0.1, 0.15) is 6.04 Å². The molecule has 0 amide bonds. The van der Waals surface area contributed by atoms with Crippen molar-refractivity contribution in [3.05, 3.63) is 51.4 Å². The third kappa shape index (κ3) is 4.61. The molecule has 1 unspecified atom stereocenters. The van der Waals surface area contributed by atoms with E-state index in [0.717, 1.165) is 10.4 Å². The molecular weight excluding hydrogens is 390 g/mol. The molecule has 1 N–H and O–H groups in total. The molecule has 0 radical (unpaired) electrons. The summed E-state index contributed by atoms with van der Waals surface area (Å²) in [5.41, 5.74) is 1.53. The Morgan fingerprint density at radius 3 is 2.70 bits per heavy atom. The van der Waals surface area contributed by atoms with Crippen molar-refractivity contribution in [1.82, 2.24) is 4.90 Å². The summed E-state index contributed by atoms with van der Waals surface area (Å²) in [5.74, 6) is -0.946. The van der Waals surface area contributed by atoms with E-state index in [-0.39, 0.29) is 6.10 Å². The van der Waals surface area contributed by atoms with Crippen LogP contribution in [0.3, 0.4) is 0 Å². The number of carboxylic acids is 1. The van der Waals surface area contributed by atoms with Crippen LogP contribution in [0.15, 0.2) is 30.3 Å². The second-order valence-corrected chi connectivity index (χ2v) is 8.02. The maximum absolute atomic E-state index is 11.9. The minimum atomic E-state index is -0.946. The van der Waals surface area contributed by atoms with Gasteiger partial charge in [-0.3, -0.25) is 9.69 Å². The molecule has 0 spiro atoms. The first kappa shape index (κ1) is 19.7. The molecule has 27 heavy (non-hydrogen) atoms. The molecule has 2 aromatic rings. The number of thiophene rings is 1. The highest BCUT2D eigenvalue weighted by atomic mass is 35.5. The lowest BCUT2D eigenvalue weighted by atomic mass is 10.0. The second kappa shape index (κ2) is 8.29. The fourth-order valence-corrected chi connectivity index (χ4v) is 4.32. The quantitative estimate of drug-likeness (QED) is 0.732. The highest BCUT2D eigenvalue weighted by molar-refractivity contribution is 7.14. The first-order chi connectivity index (χ1) is 12.8. The van der Waals surface area contributed by atoms with Crippen LogP contribution < -0.4 is 4.74 Å². The SMILES string of the molecule is CC(C)OC(=O)Oc1cc2c(s1)CCN(C(C(=O)O)c1ccccc1Cl)C2. The molecule has 0 fully saturated rings. The first-order valence-corrected chi connectivity index (χ1v) is 9.76. The van der Waals surface area contributed by atoms with Crippen LogP contribution >= 0.6 is 22.9 Å². The number of carbonyl (C=O) groups is 2. The lowest BCUT2D eigenvalue weighted by Crippen LogP contribution is -2.37. The zero-order chi connectivity index (χ0) is 19.6. The molecule has 1 aliphatic heterocycles. The highest BCUT2D eigenvalue weighted by Crippen LogP contribution is 2.37. The van der Waals surface area contributed by atoms with E-state index >= 15 is 0 Å². The van der Waals surface area contributed by atoms with Gasteiger partial charge in [0.05, 0.1) is 6.10 Å². The van der Waals surface area contributed by atoms with Crippen LogP contribution in [0.4, 0.5) is 4.79 Å². The lowest BCUT2D eigenvalue weighted by molar-refractivity contribution is -0.144. The summed E-state index contributed by atoms with van der Waals surface area (Å²) in [6.07, 6.45) is -0.314. The Bertz CT molecular complexity index is 850. The number of hydrogen-bond acceptors (Lipinski definition) is 6. The summed E-state index contributed by atoms with van der Waals surface area (Å²) in [6, 6.07) is 7.93. The van der Waals surface area contributed by atoms with Crippen LogP contribution in [-0.2, 0) is 22.5 Å². The van der Waals surface area contributed by atoms with Gasteiger partial charge in [0.15, 0.2) is 5.06 Å². The molecule has 1 atom stereocenters. The van der Waals surface area contributed by atoms with Crippen LogP contribution in [0, 0.1) is 0 Å². The molecule has 0 saturated heterocycles.